The third-order valence-corrected chi connectivity index (χ3v) is 12.3. The lowest BCUT2D eigenvalue weighted by Gasteiger charge is -2.33. The molecule has 0 bridgehead atoms. The van der Waals surface area contributed by atoms with E-state index in [0.717, 1.165) is 95.3 Å². The molecule has 4 amide bonds. The average molecular weight is 902 g/mol. The zero-order chi connectivity index (χ0) is 43.3. The number of anilines is 2. The molecule has 10 nitrogen and oxygen atoms in total. The maximum atomic E-state index is 14.8. The number of piperidine rings is 2. The highest BCUT2D eigenvalue weighted by Gasteiger charge is 2.27. The highest BCUT2D eigenvalue weighted by atomic mass is 79.9. The first-order valence-corrected chi connectivity index (χ1v) is 22.4. The highest BCUT2D eigenvalue weighted by molar-refractivity contribution is 9.08. The van der Waals surface area contributed by atoms with E-state index in [2.05, 4.69) is 55.0 Å². The first kappa shape index (κ1) is 45.2. The molecule has 0 saturated carbocycles. The third kappa shape index (κ3) is 12.0. The summed E-state index contributed by atoms with van der Waals surface area (Å²) in [5, 5.41) is 3.46. The van der Waals surface area contributed by atoms with Crippen molar-refractivity contribution < 1.29 is 37.4 Å². The second kappa shape index (κ2) is 22.0. The molecule has 4 aromatic rings. The van der Waals surface area contributed by atoms with E-state index in [1.54, 1.807) is 17.0 Å². The normalized spacial score (nSPS) is 15.2. The molecule has 4 aliphatic rings. The molecule has 2 heterocycles. The molecule has 2 saturated heterocycles. The average Bonchev–Trinajstić information content (AvgIpc) is 3.98. The van der Waals surface area contributed by atoms with E-state index < -0.39 is 23.6 Å². The minimum absolute atomic E-state index is 0.0626. The largest absolute Gasteiger partial charge is 0.465 e. The molecule has 1 N–H and O–H groups in total. The Hall–Kier alpha value is -5.30. The molecule has 0 atom stereocenters. The molecule has 0 radical (unpaired) electrons. The Balaban J connectivity index is 0.000000170. The molecule has 2 aliphatic heterocycles. The summed E-state index contributed by atoms with van der Waals surface area (Å²) >= 11 is 3.13. The summed E-state index contributed by atoms with van der Waals surface area (Å²) in [6, 6.07) is 21.0. The number of halogens is 3. The number of rotatable bonds is 7. The number of hydrogen-bond acceptors (Lipinski definition) is 6. The quantitative estimate of drug-likeness (QED) is 0.146. The van der Waals surface area contributed by atoms with Gasteiger partial charge in [0.1, 0.15) is 11.6 Å². The van der Waals surface area contributed by atoms with Crippen LogP contribution in [0.15, 0.2) is 72.8 Å². The zero-order valence-corrected chi connectivity index (χ0v) is 36.7. The molecule has 8 rings (SSSR count). The Morgan fingerprint density at radius 3 is 1.66 bits per heavy atom. The Kier molecular flexibility index (Phi) is 16.3. The Bertz CT molecular complexity index is 2190. The number of aryl methyl sites for hydroxylation is 4. The van der Waals surface area contributed by atoms with Crippen LogP contribution in [0.1, 0.15) is 105 Å². The van der Waals surface area contributed by atoms with Crippen LogP contribution in [0.4, 0.5) is 29.7 Å². The number of likely N-dealkylation sites (tertiary alicyclic amines) is 2. The fourth-order valence-corrected chi connectivity index (χ4v) is 8.65. The monoisotopic (exact) mass is 900 g/mol. The minimum atomic E-state index is -0.583. The summed E-state index contributed by atoms with van der Waals surface area (Å²) in [5.41, 5.74) is 8.48. The number of carbonyl (C=O) groups is 4. The van der Waals surface area contributed by atoms with Gasteiger partial charge in [-0.2, -0.15) is 0 Å². The van der Waals surface area contributed by atoms with E-state index in [1.807, 2.05) is 21.9 Å². The lowest BCUT2D eigenvalue weighted by molar-refractivity contribution is 0.0591. The maximum absolute atomic E-state index is 14.8. The van der Waals surface area contributed by atoms with E-state index in [4.69, 9.17) is 0 Å². The van der Waals surface area contributed by atoms with E-state index in [0.29, 0.717) is 16.5 Å². The van der Waals surface area contributed by atoms with Crippen LogP contribution in [0, 0.1) is 11.6 Å². The molecular weight excluding hydrogens is 846 g/mol. The lowest BCUT2D eigenvalue weighted by Crippen LogP contribution is -2.45. The van der Waals surface area contributed by atoms with Crippen molar-refractivity contribution in [1.82, 2.24) is 9.80 Å². The van der Waals surface area contributed by atoms with Gasteiger partial charge in [0.25, 0.3) is 0 Å². The number of carbonyl (C=O) groups excluding carboxylic acids is 4. The van der Waals surface area contributed by atoms with Gasteiger partial charge in [0.2, 0.25) is 0 Å². The second-order valence-corrected chi connectivity index (χ2v) is 16.3. The highest BCUT2D eigenvalue weighted by Crippen LogP contribution is 2.30. The number of amides is 4. The van der Waals surface area contributed by atoms with Gasteiger partial charge < -0.3 is 24.6 Å². The van der Waals surface area contributed by atoms with Gasteiger partial charge in [-0.15, -0.1) is 0 Å². The topological polar surface area (TPSA) is 108 Å². The zero-order valence-electron chi connectivity index (χ0n) is 35.1. The second-order valence-electron chi connectivity index (χ2n) is 15.8. The van der Waals surface area contributed by atoms with Crippen molar-refractivity contribution in [2.75, 3.05) is 50.6 Å². The van der Waals surface area contributed by atoms with Crippen molar-refractivity contribution in [1.29, 1.82) is 0 Å². The molecule has 0 unspecified atom stereocenters. The lowest BCUT2D eigenvalue weighted by atomic mass is 10.1. The Morgan fingerprint density at radius 2 is 1.11 bits per heavy atom. The number of nitrogens with one attached hydrogen (secondary N) is 1. The summed E-state index contributed by atoms with van der Waals surface area (Å²) in [6.07, 6.45) is 13.4. The molecule has 324 valence electrons. The summed E-state index contributed by atoms with van der Waals surface area (Å²) in [7, 11) is 2.53. The van der Waals surface area contributed by atoms with Crippen molar-refractivity contribution in [2.24, 2.45) is 0 Å². The summed E-state index contributed by atoms with van der Waals surface area (Å²) in [4.78, 5) is 53.6. The SMILES string of the molecule is COC(=O)c1ccc(CBr)c(F)c1.COC(=O)c1ccc(CN(C(=O)N2CCCCC2)c2ccc3c(c2)CCC3)c(F)c1.O=C(Nc1ccc2c(c1)CCC2)N1CCCCC1. The van der Waals surface area contributed by atoms with Crippen molar-refractivity contribution in [2.45, 2.75) is 88.9 Å². The van der Waals surface area contributed by atoms with E-state index in [1.165, 1.54) is 80.0 Å². The number of ether oxygens (including phenoxy) is 2. The summed E-state index contributed by atoms with van der Waals surface area (Å²) in [6.45, 7) is 3.36. The van der Waals surface area contributed by atoms with E-state index in [9.17, 15) is 28.0 Å². The number of nitrogens with zero attached hydrogens (tertiary/aromatic N) is 3. The predicted molar refractivity (Wildman–Crippen MR) is 236 cm³/mol. The van der Waals surface area contributed by atoms with E-state index in [-0.39, 0.29) is 29.7 Å². The Labute approximate surface area is 365 Å². The van der Waals surface area contributed by atoms with Crippen LogP contribution in [-0.4, -0.2) is 74.2 Å². The molecule has 0 spiro atoms. The van der Waals surface area contributed by atoms with Gasteiger partial charge in [-0.1, -0.05) is 40.2 Å². The number of fused-ring (bicyclic) bond motifs is 2. The maximum Gasteiger partial charge on any atom is 0.337 e. The van der Waals surface area contributed by atoms with Crippen LogP contribution in [0.2, 0.25) is 0 Å². The first-order chi connectivity index (χ1) is 29.6. The fraction of sp³-hybridized carbons (Fsp3) is 0.417. The van der Waals surface area contributed by atoms with Crippen molar-refractivity contribution >= 4 is 51.3 Å². The van der Waals surface area contributed by atoms with E-state index >= 15 is 0 Å². The molecule has 2 aliphatic carbocycles. The number of urea groups is 2. The van der Waals surface area contributed by atoms with Gasteiger partial charge in [-0.05, 0) is 153 Å². The van der Waals surface area contributed by atoms with Crippen LogP contribution < -0.4 is 10.2 Å². The third-order valence-electron chi connectivity index (χ3n) is 11.7. The van der Waals surface area contributed by atoms with Crippen LogP contribution in [0.3, 0.4) is 0 Å². The van der Waals surface area contributed by atoms with Gasteiger partial charge in [-0.3, -0.25) is 4.90 Å². The number of methoxy groups -OCH3 is 2. The molecule has 2 fully saturated rings. The van der Waals surface area contributed by atoms with Gasteiger partial charge in [0, 0.05) is 48.4 Å². The van der Waals surface area contributed by atoms with Crippen LogP contribution in [0.5, 0.6) is 0 Å². The summed E-state index contributed by atoms with van der Waals surface area (Å²) < 4.78 is 37.0. The number of esters is 2. The number of benzene rings is 4. The van der Waals surface area contributed by atoms with Crippen molar-refractivity contribution in [3.05, 3.63) is 129 Å². The van der Waals surface area contributed by atoms with Crippen LogP contribution in [-0.2, 0) is 47.0 Å². The smallest absolute Gasteiger partial charge is 0.337 e. The summed E-state index contributed by atoms with van der Waals surface area (Å²) in [5.74, 6) is -2.03. The Morgan fingerprint density at radius 1 is 0.607 bits per heavy atom. The van der Waals surface area contributed by atoms with Gasteiger partial charge in [0.05, 0.1) is 31.9 Å². The van der Waals surface area contributed by atoms with Gasteiger partial charge >= 0.3 is 24.0 Å². The number of alkyl halides is 1. The predicted octanol–water partition coefficient (Wildman–Crippen LogP) is 10.4. The van der Waals surface area contributed by atoms with Crippen molar-refractivity contribution in [3.63, 3.8) is 0 Å². The van der Waals surface area contributed by atoms with Crippen molar-refractivity contribution in [3.8, 4) is 0 Å². The molecule has 4 aromatic carbocycles. The van der Waals surface area contributed by atoms with Crippen LogP contribution >= 0.6 is 15.9 Å². The van der Waals surface area contributed by atoms with Gasteiger partial charge in [-0.25, -0.2) is 28.0 Å². The molecule has 61 heavy (non-hydrogen) atoms. The molecule has 0 aromatic heterocycles. The standard InChI is InChI=1S/C24H27FN2O3.C15H20N2O.C9H8BrFO2/c1-30-23(28)19-8-9-20(22(25)15-19)16-27(24(29)26-12-3-2-4-13-26)21-11-10-17-6-5-7-18(17)14-21;18-15(17-9-2-1-3-10-17)16-14-8-7-12-5-4-6-13(12)11-14;1-13-9(12)6-2-3-7(5-10)8(11)4-6/h8-11,14-15H,2-7,12-13,16H2,1H3;7-8,11H,1-6,9-10H2,(H,16,18);2-4H,5H2,1H3. The fourth-order valence-electron chi connectivity index (χ4n) is 8.19. The molecular formula is C48H55BrF2N4O6. The first-order valence-electron chi connectivity index (χ1n) is 21.2. The van der Waals surface area contributed by atoms with Crippen LogP contribution in [0.25, 0.3) is 0 Å². The number of hydrogen-bond donors (Lipinski definition) is 1. The molecule has 13 heteroatoms. The minimum Gasteiger partial charge on any atom is -0.465 e. The van der Waals surface area contributed by atoms with Gasteiger partial charge in [0.15, 0.2) is 0 Å².